The molecule has 21 heavy (non-hydrogen) atoms. The zero-order chi connectivity index (χ0) is 15.4. The molecule has 0 aliphatic heterocycles. The van der Waals surface area contributed by atoms with Gasteiger partial charge in [-0.2, -0.15) is 0 Å². The minimum Gasteiger partial charge on any atom is -0.490 e. The van der Waals surface area contributed by atoms with E-state index in [4.69, 9.17) is 4.74 Å². The summed E-state index contributed by atoms with van der Waals surface area (Å²) in [5, 5.41) is 14.5. The van der Waals surface area contributed by atoms with Crippen molar-refractivity contribution in [2.24, 2.45) is 11.8 Å². The number of methoxy groups -OCH3 is 1. The molecule has 0 radical (unpaired) electrons. The van der Waals surface area contributed by atoms with E-state index in [2.05, 4.69) is 12.2 Å². The Morgan fingerprint density at radius 1 is 1.43 bits per heavy atom. The second kappa shape index (κ2) is 6.89. The van der Waals surface area contributed by atoms with Crippen LogP contribution in [-0.4, -0.2) is 25.1 Å². The van der Waals surface area contributed by atoms with E-state index in [1.54, 1.807) is 12.1 Å². The average molecular weight is 292 g/mol. The number of hydrogen-bond donors (Lipinski definition) is 1. The lowest BCUT2D eigenvalue weighted by Gasteiger charge is -2.35. The average Bonchev–Trinajstić information content (AvgIpc) is 2.47. The number of nitrogens with zero attached hydrogens (tertiary/aromatic N) is 1. The van der Waals surface area contributed by atoms with Crippen molar-refractivity contribution in [2.75, 3.05) is 14.2 Å². The molecule has 0 spiro atoms. The largest absolute Gasteiger partial charge is 0.490 e. The van der Waals surface area contributed by atoms with Crippen molar-refractivity contribution in [2.45, 2.75) is 38.6 Å². The lowest BCUT2D eigenvalue weighted by molar-refractivity contribution is -0.385. The van der Waals surface area contributed by atoms with Gasteiger partial charge in [-0.1, -0.05) is 13.0 Å². The number of hydrogen-bond acceptors (Lipinski definition) is 4. The quantitative estimate of drug-likeness (QED) is 0.668. The standard InChI is InChI=1S/C16H24N2O3/c1-11-4-6-14(17-2)13(8-11)9-12-5-7-16(21-3)15(10-12)18(19)20/h5,7,10-11,13-14,17H,4,6,8-9H2,1-3H3. The molecular formula is C16H24N2O3. The zero-order valence-corrected chi connectivity index (χ0v) is 13.0. The summed E-state index contributed by atoms with van der Waals surface area (Å²) in [6.07, 6.45) is 4.48. The van der Waals surface area contributed by atoms with Crippen LogP contribution in [0.1, 0.15) is 31.7 Å². The first-order chi connectivity index (χ1) is 10.0. The van der Waals surface area contributed by atoms with Gasteiger partial charge < -0.3 is 10.1 Å². The Hall–Kier alpha value is -1.62. The minimum atomic E-state index is -0.374. The van der Waals surface area contributed by atoms with Gasteiger partial charge >= 0.3 is 5.69 Å². The van der Waals surface area contributed by atoms with E-state index in [9.17, 15) is 10.1 Å². The lowest BCUT2D eigenvalue weighted by atomic mass is 9.76. The molecule has 1 N–H and O–H groups in total. The molecule has 0 amide bonds. The molecule has 1 aliphatic carbocycles. The number of nitro groups is 1. The van der Waals surface area contributed by atoms with Crippen molar-refractivity contribution in [1.29, 1.82) is 0 Å². The zero-order valence-electron chi connectivity index (χ0n) is 13.0. The second-order valence-electron chi connectivity index (χ2n) is 6.04. The number of ether oxygens (including phenoxy) is 1. The van der Waals surface area contributed by atoms with Gasteiger partial charge in [-0.05, 0) is 56.2 Å². The van der Waals surface area contributed by atoms with E-state index in [0.717, 1.165) is 17.9 Å². The molecule has 3 unspecified atom stereocenters. The predicted molar refractivity (Wildman–Crippen MR) is 82.7 cm³/mol. The third-order valence-corrected chi connectivity index (χ3v) is 4.55. The molecule has 116 valence electrons. The minimum absolute atomic E-state index is 0.0554. The summed E-state index contributed by atoms with van der Waals surface area (Å²) >= 11 is 0. The summed E-state index contributed by atoms with van der Waals surface area (Å²) < 4.78 is 5.06. The maximum atomic E-state index is 11.1. The van der Waals surface area contributed by atoms with E-state index < -0.39 is 0 Å². The first-order valence-electron chi connectivity index (χ1n) is 7.53. The molecule has 1 aliphatic rings. The Morgan fingerprint density at radius 2 is 2.19 bits per heavy atom. The summed E-state index contributed by atoms with van der Waals surface area (Å²) in [5.41, 5.74) is 1.07. The first kappa shape index (κ1) is 15.8. The van der Waals surface area contributed by atoms with E-state index in [0.29, 0.717) is 17.7 Å². The molecule has 1 aromatic carbocycles. The number of rotatable bonds is 5. The highest BCUT2D eigenvalue weighted by molar-refractivity contribution is 5.48. The van der Waals surface area contributed by atoms with Gasteiger partial charge in [-0.15, -0.1) is 0 Å². The summed E-state index contributed by atoms with van der Waals surface area (Å²) in [7, 11) is 3.46. The SMILES string of the molecule is CNC1CCC(C)CC1Cc1ccc(OC)c([N+](=O)[O-])c1. The monoisotopic (exact) mass is 292 g/mol. The van der Waals surface area contributed by atoms with Crippen LogP contribution in [-0.2, 0) is 6.42 Å². The van der Waals surface area contributed by atoms with Gasteiger partial charge in [0.2, 0.25) is 0 Å². The van der Waals surface area contributed by atoms with E-state index in [-0.39, 0.29) is 10.6 Å². The van der Waals surface area contributed by atoms with Crippen LogP contribution < -0.4 is 10.1 Å². The number of nitrogens with one attached hydrogen (secondary N) is 1. The molecule has 5 heteroatoms. The molecule has 0 heterocycles. The van der Waals surface area contributed by atoms with Gasteiger partial charge in [0.25, 0.3) is 0 Å². The molecular weight excluding hydrogens is 268 g/mol. The molecule has 2 rings (SSSR count). The summed E-state index contributed by atoms with van der Waals surface area (Å²) in [6, 6.07) is 5.80. The third kappa shape index (κ3) is 3.73. The molecule has 1 saturated carbocycles. The fourth-order valence-corrected chi connectivity index (χ4v) is 3.41. The molecule has 3 atom stereocenters. The lowest BCUT2D eigenvalue weighted by Crippen LogP contribution is -2.39. The first-order valence-corrected chi connectivity index (χ1v) is 7.53. The summed E-state index contributed by atoms with van der Waals surface area (Å²) in [4.78, 5) is 10.7. The third-order valence-electron chi connectivity index (χ3n) is 4.55. The summed E-state index contributed by atoms with van der Waals surface area (Å²) in [6.45, 7) is 2.29. The van der Waals surface area contributed by atoms with Crippen molar-refractivity contribution < 1.29 is 9.66 Å². The number of nitro benzene ring substituents is 1. The van der Waals surface area contributed by atoms with Crippen molar-refractivity contribution >= 4 is 5.69 Å². The van der Waals surface area contributed by atoms with Crippen LogP contribution in [0, 0.1) is 22.0 Å². The highest BCUT2D eigenvalue weighted by Gasteiger charge is 2.28. The van der Waals surface area contributed by atoms with Gasteiger partial charge in [0, 0.05) is 12.1 Å². The summed E-state index contributed by atoms with van der Waals surface area (Å²) in [5.74, 6) is 1.59. The number of benzene rings is 1. The highest BCUT2D eigenvalue weighted by Crippen LogP contribution is 2.33. The van der Waals surface area contributed by atoms with Crippen LogP contribution in [0.25, 0.3) is 0 Å². The Morgan fingerprint density at radius 3 is 2.81 bits per heavy atom. The Balaban J connectivity index is 2.18. The highest BCUT2D eigenvalue weighted by atomic mass is 16.6. The maximum Gasteiger partial charge on any atom is 0.311 e. The van der Waals surface area contributed by atoms with Gasteiger partial charge in [-0.25, -0.2) is 0 Å². The van der Waals surface area contributed by atoms with Crippen LogP contribution in [0.4, 0.5) is 5.69 Å². The topological polar surface area (TPSA) is 64.4 Å². The molecule has 0 saturated heterocycles. The normalized spacial score (nSPS) is 25.6. The van der Waals surface area contributed by atoms with Crippen molar-refractivity contribution in [3.05, 3.63) is 33.9 Å². The molecule has 0 bridgehead atoms. The fraction of sp³-hybridized carbons (Fsp3) is 0.625. The fourth-order valence-electron chi connectivity index (χ4n) is 3.41. The van der Waals surface area contributed by atoms with E-state index >= 15 is 0 Å². The second-order valence-corrected chi connectivity index (χ2v) is 6.04. The Kier molecular flexibility index (Phi) is 5.17. The van der Waals surface area contributed by atoms with Crippen molar-refractivity contribution in [3.8, 4) is 5.75 Å². The molecule has 1 aromatic rings. The maximum absolute atomic E-state index is 11.1. The van der Waals surface area contributed by atoms with Crippen LogP contribution in [0.15, 0.2) is 18.2 Å². The van der Waals surface area contributed by atoms with E-state index in [1.807, 2.05) is 13.1 Å². The molecule has 0 aromatic heterocycles. The van der Waals surface area contributed by atoms with Crippen LogP contribution in [0.5, 0.6) is 5.75 Å². The van der Waals surface area contributed by atoms with Crippen molar-refractivity contribution in [3.63, 3.8) is 0 Å². The van der Waals surface area contributed by atoms with Gasteiger partial charge in [-0.3, -0.25) is 10.1 Å². The molecule has 5 nitrogen and oxygen atoms in total. The van der Waals surface area contributed by atoms with Crippen LogP contribution in [0.3, 0.4) is 0 Å². The van der Waals surface area contributed by atoms with Gasteiger partial charge in [0.15, 0.2) is 5.75 Å². The smallest absolute Gasteiger partial charge is 0.311 e. The van der Waals surface area contributed by atoms with E-state index in [1.165, 1.54) is 26.4 Å². The Bertz CT molecular complexity index is 504. The van der Waals surface area contributed by atoms with Crippen LogP contribution in [0.2, 0.25) is 0 Å². The van der Waals surface area contributed by atoms with Gasteiger partial charge in [0.1, 0.15) is 0 Å². The van der Waals surface area contributed by atoms with Crippen LogP contribution >= 0.6 is 0 Å². The van der Waals surface area contributed by atoms with Crippen molar-refractivity contribution in [1.82, 2.24) is 5.32 Å². The van der Waals surface area contributed by atoms with Gasteiger partial charge in [0.05, 0.1) is 12.0 Å². The predicted octanol–water partition coefficient (Wildman–Crippen LogP) is 3.17. The Labute approximate surface area is 125 Å². The molecule has 1 fully saturated rings.